The SMILES string of the molecule is Cc1cc(-c2nn(C(C)(C)C)c3ncnc(N)c23)ccc1F. The van der Waals surface area contributed by atoms with Gasteiger partial charge in [0.25, 0.3) is 0 Å². The molecule has 5 nitrogen and oxygen atoms in total. The second kappa shape index (κ2) is 4.76. The van der Waals surface area contributed by atoms with E-state index in [-0.39, 0.29) is 11.4 Å². The number of fused-ring (bicyclic) bond motifs is 1. The van der Waals surface area contributed by atoms with Crippen LogP contribution in [0.25, 0.3) is 22.3 Å². The number of anilines is 1. The summed E-state index contributed by atoms with van der Waals surface area (Å²) in [6, 6.07) is 4.90. The minimum Gasteiger partial charge on any atom is -0.383 e. The van der Waals surface area contributed by atoms with E-state index in [2.05, 4.69) is 15.1 Å². The average Bonchev–Trinajstić information content (AvgIpc) is 2.83. The summed E-state index contributed by atoms with van der Waals surface area (Å²) in [7, 11) is 0. The quantitative estimate of drug-likeness (QED) is 0.748. The molecule has 22 heavy (non-hydrogen) atoms. The van der Waals surface area contributed by atoms with Crippen molar-refractivity contribution in [2.24, 2.45) is 0 Å². The monoisotopic (exact) mass is 299 g/mol. The van der Waals surface area contributed by atoms with Crippen LogP contribution in [0.4, 0.5) is 10.2 Å². The van der Waals surface area contributed by atoms with Crippen molar-refractivity contribution in [2.75, 3.05) is 5.73 Å². The minimum atomic E-state index is -0.258. The van der Waals surface area contributed by atoms with Crippen molar-refractivity contribution in [1.29, 1.82) is 0 Å². The highest BCUT2D eigenvalue weighted by Crippen LogP contribution is 2.33. The van der Waals surface area contributed by atoms with E-state index in [1.54, 1.807) is 19.1 Å². The Kier molecular flexibility index (Phi) is 3.12. The predicted octanol–water partition coefficient (Wildman–Crippen LogP) is 3.28. The first-order valence-corrected chi connectivity index (χ1v) is 7.05. The van der Waals surface area contributed by atoms with Crippen LogP contribution in [0.15, 0.2) is 24.5 Å². The van der Waals surface area contributed by atoms with Crippen LogP contribution in [-0.2, 0) is 5.54 Å². The summed E-state index contributed by atoms with van der Waals surface area (Å²) in [5.41, 5.74) is 8.49. The number of aryl methyl sites for hydroxylation is 1. The molecule has 1 aromatic carbocycles. The van der Waals surface area contributed by atoms with Gasteiger partial charge in [0, 0.05) is 5.56 Å². The molecule has 0 spiro atoms. The van der Waals surface area contributed by atoms with Crippen LogP contribution in [0, 0.1) is 12.7 Å². The van der Waals surface area contributed by atoms with E-state index in [9.17, 15) is 4.39 Å². The number of nitrogen functional groups attached to an aromatic ring is 1. The summed E-state index contributed by atoms with van der Waals surface area (Å²) < 4.78 is 15.4. The minimum absolute atomic E-state index is 0.243. The van der Waals surface area contributed by atoms with Gasteiger partial charge in [-0.2, -0.15) is 5.10 Å². The fourth-order valence-corrected chi connectivity index (χ4v) is 2.44. The van der Waals surface area contributed by atoms with Crippen molar-refractivity contribution in [3.05, 3.63) is 35.9 Å². The first-order valence-electron chi connectivity index (χ1n) is 7.05. The Labute approximate surface area is 128 Å². The molecule has 0 aliphatic rings. The molecule has 0 bridgehead atoms. The molecule has 0 atom stereocenters. The molecule has 0 amide bonds. The van der Waals surface area contributed by atoms with E-state index >= 15 is 0 Å². The fraction of sp³-hybridized carbons (Fsp3) is 0.312. The van der Waals surface area contributed by atoms with Crippen LogP contribution in [0.3, 0.4) is 0 Å². The third-order valence-corrected chi connectivity index (χ3v) is 3.56. The van der Waals surface area contributed by atoms with Gasteiger partial charge in [0.1, 0.15) is 23.7 Å². The lowest BCUT2D eigenvalue weighted by molar-refractivity contribution is 0.367. The molecule has 0 aliphatic heterocycles. The summed E-state index contributed by atoms with van der Waals surface area (Å²) in [6.45, 7) is 7.84. The highest BCUT2D eigenvalue weighted by atomic mass is 19.1. The maximum atomic E-state index is 13.5. The lowest BCUT2D eigenvalue weighted by Crippen LogP contribution is -2.23. The molecule has 0 fully saturated rings. The Morgan fingerprint density at radius 2 is 1.91 bits per heavy atom. The number of hydrogen-bond acceptors (Lipinski definition) is 4. The lowest BCUT2D eigenvalue weighted by atomic mass is 10.1. The topological polar surface area (TPSA) is 69.6 Å². The molecule has 3 rings (SSSR count). The summed E-state index contributed by atoms with van der Waals surface area (Å²) in [5, 5.41) is 5.37. The Hall–Kier alpha value is -2.50. The molecule has 6 heteroatoms. The predicted molar refractivity (Wildman–Crippen MR) is 84.9 cm³/mol. The highest BCUT2D eigenvalue weighted by Gasteiger charge is 2.23. The average molecular weight is 299 g/mol. The largest absolute Gasteiger partial charge is 0.383 e. The van der Waals surface area contributed by atoms with E-state index in [0.29, 0.717) is 28.1 Å². The van der Waals surface area contributed by atoms with Gasteiger partial charge in [-0.1, -0.05) is 0 Å². The second-order valence-electron chi connectivity index (χ2n) is 6.35. The van der Waals surface area contributed by atoms with Crippen LogP contribution >= 0.6 is 0 Å². The van der Waals surface area contributed by atoms with E-state index in [4.69, 9.17) is 5.73 Å². The molecule has 0 radical (unpaired) electrons. The van der Waals surface area contributed by atoms with Gasteiger partial charge in [-0.05, 0) is 51.5 Å². The van der Waals surface area contributed by atoms with Gasteiger partial charge in [0.05, 0.1) is 10.9 Å². The maximum Gasteiger partial charge on any atom is 0.164 e. The molecule has 114 valence electrons. The van der Waals surface area contributed by atoms with Crippen molar-refractivity contribution in [3.63, 3.8) is 0 Å². The maximum absolute atomic E-state index is 13.5. The molecule has 0 saturated carbocycles. The zero-order chi connectivity index (χ0) is 16.1. The number of nitrogens with two attached hydrogens (primary N) is 1. The molecule has 2 N–H and O–H groups in total. The van der Waals surface area contributed by atoms with Crippen LogP contribution in [0.2, 0.25) is 0 Å². The Morgan fingerprint density at radius 3 is 2.55 bits per heavy atom. The first-order chi connectivity index (χ1) is 10.3. The molecular weight excluding hydrogens is 281 g/mol. The van der Waals surface area contributed by atoms with Crippen molar-refractivity contribution < 1.29 is 4.39 Å². The van der Waals surface area contributed by atoms with E-state index in [1.807, 2.05) is 25.5 Å². The lowest BCUT2D eigenvalue weighted by Gasteiger charge is -2.19. The zero-order valence-corrected chi connectivity index (χ0v) is 13.1. The van der Waals surface area contributed by atoms with Gasteiger partial charge in [-0.25, -0.2) is 19.0 Å². The van der Waals surface area contributed by atoms with Crippen LogP contribution < -0.4 is 5.73 Å². The number of rotatable bonds is 1. The summed E-state index contributed by atoms with van der Waals surface area (Å²) in [5.74, 6) is 0.130. The number of aromatic nitrogens is 4. The van der Waals surface area contributed by atoms with Crippen LogP contribution in [0.5, 0.6) is 0 Å². The third-order valence-electron chi connectivity index (χ3n) is 3.56. The van der Waals surface area contributed by atoms with E-state index in [0.717, 1.165) is 5.56 Å². The third kappa shape index (κ3) is 2.20. The van der Waals surface area contributed by atoms with Gasteiger partial charge in [-0.15, -0.1) is 0 Å². The number of hydrogen-bond donors (Lipinski definition) is 1. The smallest absolute Gasteiger partial charge is 0.164 e. The Morgan fingerprint density at radius 1 is 1.18 bits per heavy atom. The number of halogens is 1. The second-order valence-corrected chi connectivity index (χ2v) is 6.35. The summed E-state index contributed by atoms with van der Waals surface area (Å²) in [4.78, 5) is 8.40. The number of nitrogens with zero attached hydrogens (tertiary/aromatic N) is 4. The van der Waals surface area contributed by atoms with Gasteiger partial charge in [0.15, 0.2) is 5.65 Å². The zero-order valence-electron chi connectivity index (χ0n) is 13.1. The Bertz CT molecular complexity index is 861. The Balaban J connectivity index is 2.36. The first kappa shape index (κ1) is 14.4. The summed E-state index contributed by atoms with van der Waals surface area (Å²) >= 11 is 0. The molecule has 3 aromatic rings. The van der Waals surface area contributed by atoms with Gasteiger partial charge < -0.3 is 5.73 Å². The van der Waals surface area contributed by atoms with Crippen molar-refractivity contribution in [1.82, 2.24) is 19.7 Å². The van der Waals surface area contributed by atoms with Gasteiger partial charge in [0.2, 0.25) is 0 Å². The molecule has 2 aromatic heterocycles. The van der Waals surface area contributed by atoms with E-state index in [1.165, 1.54) is 12.4 Å². The molecule has 0 aliphatic carbocycles. The fourth-order valence-electron chi connectivity index (χ4n) is 2.44. The summed E-state index contributed by atoms with van der Waals surface area (Å²) in [6.07, 6.45) is 1.43. The highest BCUT2D eigenvalue weighted by molar-refractivity contribution is 5.98. The van der Waals surface area contributed by atoms with Crippen molar-refractivity contribution in [3.8, 4) is 11.3 Å². The number of benzene rings is 1. The van der Waals surface area contributed by atoms with Crippen molar-refractivity contribution in [2.45, 2.75) is 33.2 Å². The normalized spacial score (nSPS) is 12.0. The molecule has 0 unspecified atom stereocenters. The van der Waals surface area contributed by atoms with Gasteiger partial charge >= 0.3 is 0 Å². The van der Waals surface area contributed by atoms with Crippen molar-refractivity contribution >= 4 is 16.9 Å². The van der Waals surface area contributed by atoms with Gasteiger partial charge in [-0.3, -0.25) is 0 Å². The molecular formula is C16H18FN5. The van der Waals surface area contributed by atoms with Crippen LogP contribution in [0.1, 0.15) is 26.3 Å². The van der Waals surface area contributed by atoms with E-state index < -0.39 is 0 Å². The standard InChI is InChI=1S/C16H18FN5/c1-9-7-10(5-6-11(9)17)13-12-14(18)19-8-20-15(12)22(21-13)16(2,3)4/h5-8H,1-4H3,(H2,18,19,20). The molecule has 0 saturated heterocycles. The van der Waals surface area contributed by atoms with Crippen LogP contribution in [-0.4, -0.2) is 19.7 Å². The molecule has 2 heterocycles.